The Morgan fingerprint density at radius 2 is 2.09 bits per heavy atom. The average molecular weight is 299 g/mol. The van der Waals surface area contributed by atoms with Crippen molar-refractivity contribution in [3.63, 3.8) is 0 Å². The monoisotopic (exact) mass is 299 g/mol. The lowest BCUT2D eigenvalue weighted by Crippen LogP contribution is -2.14. The summed E-state index contributed by atoms with van der Waals surface area (Å²) in [5.41, 5.74) is 10.4. The Hall–Kier alpha value is -1.87. The maximum atomic E-state index is 13.6. The van der Waals surface area contributed by atoms with E-state index in [1.165, 1.54) is 30.0 Å². The Morgan fingerprint density at radius 1 is 1.23 bits per heavy atom. The van der Waals surface area contributed by atoms with Crippen molar-refractivity contribution in [3.05, 3.63) is 53.3 Å². The second kappa shape index (κ2) is 6.49. The summed E-state index contributed by atoms with van der Waals surface area (Å²) in [5.74, 6) is 0.979. The van der Waals surface area contributed by atoms with Crippen LogP contribution in [0.5, 0.6) is 5.75 Å². The van der Waals surface area contributed by atoms with Gasteiger partial charge in [-0.15, -0.1) is 0 Å². The zero-order valence-electron chi connectivity index (χ0n) is 12.9. The van der Waals surface area contributed by atoms with Gasteiger partial charge in [0.05, 0.1) is 7.11 Å². The molecule has 1 aliphatic carbocycles. The van der Waals surface area contributed by atoms with Crippen molar-refractivity contribution in [3.8, 4) is 16.9 Å². The van der Waals surface area contributed by atoms with Crippen molar-refractivity contribution in [1.29, 1.82) is 0 Å². The maximum absolute atomic E-state index is 13.6. The van der Waals surface area contributed by atoms with Crippen LogP contribution in [-0.2, 0) is 6.42 Å². The molecule has 0 radical (unpaired) electrons. The molecule has 2 aromatic carbocycles. The SMILES string of the molecule is COc1ccc(F)cc1-c1ccc2c(c1)C(CCN)CCC2. The van der Waals surface area contributed by atoms with Gasteiger partial charge in [-0.3, -0.25) is 0 Å². The number of benzene rings is 2. The first-order valence-electron chi connectivity index (χ1n) is 7.89. The van der Waals surface area contributed by atoms with Crippen LogP contribution in [0.2, 0.25) is 0 Å². The number of aryl methyl sites for hydroxylation is 1. The van der Waals surface area contributed by atoms with Gasteiger partial charge in [0.2, 0.25) is 0 Å². The summed E-state index contributed by atoms with van der Waals surface area (Å²) in [5, 5.41) is 0. The van der Waals surface area contributed by atoms with E-state index in [9.17, 15) is 4.39 Å². The van der Waals surface area contributed by atoms with Crippen LogP contribution in [0, 0.1) is 5.82 Å². The summed E-state index contributed by atoms with van der Waals surface area (Å²) < 4.78 is 19.0. The average Bonchev–Trinajstić information content (AvgIpc) is 2.55. The molecule has 0 bridgehead atoms. The van der Waals surface area contributed by atoms with Gasteiger partial charge in [0.25, 0.3) is 0 Å². The highest BCUT2D eigenvalue weighted by Crippen LogP contribution is 2.38. The number of nitrogens with two attached hydrogens (primary N) is 1. The molecule has 2 nitrogen and oxygen atoms in total. The molecule has 116 valence electrons. The van der Waals surface area contributed by atoms with Crippen molar-refractivity contribution in [1.82, 2.24) is 0 Å². The summed E-state index contributed by atoms with van der Waals surface area (Å²) in [6.45, 7) is 0.706. The molecule has 0 saturated carbocycles. The van der Waals surface area contributed by atoms with Crippen LogP contribution in [0.4, 0.5) is 4.39 Å². The minimum Gasteiger partial charge on any atom is -0.496 e. The number of halogens is 1. The lowest BCUT2D eigenvalue weighted by molar-refractivity contribution is 0.415. The molecule has 2 aromatic rings. The highest BCUT2D eigenvalue weighted by Gasteiger charge is 2.20. The Kier molecular flexibility index (Phi) is 4.44. The molecule has 0 fully saturated rings. The van der Waals surface area contributed by atoms with E-state index < -0.39 is 0 Å². The zero-order valence-corrected chi connectivity index (χ0v) is 12.9. The van der Waals surface area contributed by atoms with Crippen LogP contribution < -0.4 is 10.5 Å². The largest absolute Gasteiger partial charge is 0.496 e. The molecule has 1 atom stereocenters. The van der Waals surface area contributed by atoms with Crippen molar-refractivity contribution in [2.24, 2.45) is 5.73 Å². The zero-order chi connectivity index (χ0) is 15.5. The first-order valence-corrected chi connectivity index (χ1v) is 7.89. The van der Waals surface area contributed by atoms with Gasteiger partial charge in [-0.1, -0.05) is 18.2 Å². The van der Waals surface area contributed by atoms with Crippen LogP contribution >= 0.6 is 0 Å². The molecule has 0 saturated heterocycles. The third-order valence-electron chi connectivity index (χ3n) is 4.57. The number of fused-ring (bicyclic) bond motifs is 1. The minimum atomic E-state index is -0.243. The number of methoxy groups -OCH3 is 1. The van der Waals surface area contributed by atoms with Crippen molar-refractivity contribution in [2.45, 2.75) is 31.6 Å². The summed E-state index contributed by atoms with van der Waals surface area (Å²) in [6.07, 6.45) is 4.54. The third-order valence-corrected chi connectivity index (χ3v) is 4.57. The van der Waals surface area contributed by atoms with Gasteiger partial charge < -0.3 is 10.5 Å². The van der Waals surface area contributed by atoms with E-state index >= 15 is 0 Å². The van der Waals surface area contributed by atoms with Gasteiger partial charge in [0.15, 0.2) is 0 Å². The predicted octanol–water partition coefficient (Wildman–Crippen LogP) is 4.27. The van der Waals surface area contributed by atoms with E-state index in [1.54, 1.807) is 19.2 Å². The second-order valence-corrected chi connectivity index (χ2v) is 5.92. The van der Waals surface area contributed by atoms with Crippen molar-refractivity contribution in [2.75, 3.05) is 13.7 Å². The number of hydrogen-bond donors (Lipinski definition) is 1. The summed E-state index contributed by atoms with van der Waals surface area (Å²) >= 11 is 0. The highest BCUT2D eigenvalue weighted by molar-refractivity contribution is 5.71. The van der Waals surface area contributed by atoms with E-state index in [-0.39, 0.29) is 5.82 Å². The molecule has 3 rings (SSSR count). The Labute approximate surface area is 131 Å². The van der Waals surface area contributed by atoms with Gasteiger partial charge in [0, 0.05) is 5.56 Å². The number of rotatable bonds is 4. The van der Waals surface area contributed by atoms with E-state index in [0.29, 0.717) is 18.2 Å². The van der Waals surface area contributed by atoms with E-state index in [0.717, 1.165) is 24.0 Å². The maximum Gasteiger partial charge on any atom is 0.126 e. The van der Waals surface area contributed by atoms with Gasteiger partial charge in [-0.2, -0.15) is 0 Å². The standard InChI is InChI=1S/C19H22FNO/c1-22-19-8-7-16(20)12-18(19)15-6-5-13-3-2-4-14(9-10-21)17(13)11-15/h5-8,11-12,14H,2-4,9-10,21H2,1H3. The predicted molar refractivity (Wildman–Crippen MR) is 87.7 cm³/mol. The highest BCUT2D eigenvalue weighted by atomic mass is 19.1. The first kappa shape index (κ1) is 15.0. The molecule has 22 heavy (non-hydrogen) atoms. The van der Waals surface area contributed by atoms with E-state index in [1.807, 2.05) is 0 Å². The van der Waals surface area contributed by atoms with E-state index in [4.69, 9.17) is 10.5 Å². The number of ether oxygens (including phenoxy) is 1. The molecular weight excluding hydrogens is 277 g/mol. The normalized spacial score (nSPS) is 17.1. The van der Waals surface area contributed by atoms with Gasteiger partial charge in [0.1, 0.15) is 11.6 Å². The second-order valence-electron chi connectivity index (χ2n) is 5.92. The molecule has 0 amide bonds. The van der Waals surface area contributed by atoms with Crippen LogP contribution in [0.1, 0.15) is 36.3 Å². The Balaban J connectivity index is 2.06. The van der Waals surface area contributed by atoms with Crippen LogP contribution in [-0.4, -0.2) is 13.7 Å². The fourth-order valence-electron chi connectivity index (χ4n) is 3.47. The van der Waals surface area contributed by atoms with E-state index in [2.05, 4.69) is 18.2 Å². The summed E-state index contributed by atoms with van der Waals surface area (Å²) in [4.78, 5) is 0. The van der Waals surface area contributed by atoms with Gasteiger partial charge in [-0.05, 0) is 73.0 Å². The van der Waals surface area contributed by atoms with Gasteiger partial charge in [-0.25, -0.2) is 4.39 Å². The molecule has 1 unspecified atom stereocenters. The fourth-order valence-corrected chi connectivity index (χ4v) is 3.47. The summed E-state index contributed by atoms with van der Waals surface area (Å²) in [6, 6.07) is 11.1. The Bertz CT molecular complexity index is 668. The van der Waals surface area contributed by atoms with Crippen LogP contribution in [0.3, 0.4) is 0 Å². The lowest BCUT2D eigenvalue weighted by Gasteiger charge is -2.26. The van der Waals surface area contributed by atoms with Crippen molar-refractivity contribution < 1.29 is 9.13 Å². The molecule has 0 spiro atoms. The van der Waals surface area contributed by atoms with Crippen LogP contribution in [0.25, 0.3) is 11.1 Å². The topological polar surface area (TPSA) is 35.2 Å². The summed E-state index contributed by atoms with van der Waals surface area (Å²) in [7, 11) is 1.62. The quantitative estimate of drug-likeness (QED) is 0.915. The minimum absolute atomic E-state index is 0.243. The molecule has 3 heteroatoms. The smallest absolute Gasteiger partial charge is 0.126 e. The third kappa shape index (κ3) is 2.86. The van der Waals surface area contributed by atoms with Gasteiger partial charge >= 0.3 is 0 Å². The molecule has 0 heterocycles. The first-order chi connectivity index (χ1) is 10.7. The van der Waals surface area contributed by atoms with Crippen molar-refractivity contribution >= 4 is 0 Å². The molecule has 0 aliphatic heterocycles. The number of hydrogen-bond acceptors (Lipinski definition) is 2. The molecule has 0 aromatic heterocycles. The molecule has 1 aliphatic rings. The molecule has 2 N–H and O–H groups in total. The molecular formula is C19H22FNO. The fraction of sp³-hybridized carbons (Fsp3) is 0.368. The van der Waals surface area contributed by atoms with Crippen LogP contribution in [0.15, 0.2) is 36.4 Å². The lowest BCUT2D eigenvalue weighted by atomic mass is 9.80. The Morgan fingerprint density at radius 3 is 2.86 bits per heavy atom.